The summed E-state index contributed by atoms with van der Waals surface area (Å²) in [6, 6.07) is 12.0. The monoisotopic (exact) mass is 332 g/mol. The molecule has 0 radical (unpaired) electrons. The van der Waals surface area contributed by atoms with E-state index in [9.17, 15) is 0 Å². The summed E-state index contributed by atoms with van der Waals surface area (Å²) in [5.41, 5.74) is 2.02. The highest BCUT2D eigenvalue weighted by Gasteiger charge is 2.14. The fourth-order valence-electron chi connectivity index (χ4n) is 2.28. The van der Waals surface area contributed by atoms with Crippen LogP contribution in [0.4, 0.5) is 0 Å². The Kier molecular flexibility index (Phi) is 4.62. The maximum atomic E-state index is 6.23. The lowest BCUT2D eigenvalue weighted by molar-refractivity contribution is 0.529. The Morgan fingerprint density at radius 2 is 2.09 bits per heavy atom. The molecule has 0 aliphatic rings. The Balaban J connectivity index is 1.70. The third-order valence-electron chi connectivity index (χ3n) is 3.57. The van der Waals surface area contributed by atoms with Crippen LogP contribution >= 0.6 is 22.9 Å². The lowest BCUT2D eigenvalue weighted by Crippen LogP contribution is -2.19. The molecule has 0 aliphatic carbocycles. The Hall–Kier alpha value is -1.62. The first-order valence-corrected chi connectivity index (χ1v) is 8.39. The minimum atomic E-state index is 0.148. The van der Waals surface area contributed by atoms with E-state index in [2.05, 4.69) is 17.2 Å². The fraction of sp³-hybridized carbons (Fsp3) is 0.235. The summed E-state index contributed by atoms with van der Waals surface area (Å²) >= 11 is 7.86. The topological polar surface area (TPSA) is 38.1 Å². The van der Waals surface area contributed by atoms with Gasteiger partial charge in [0.2, 0.25) is 5.89 Å². The second kappa shape index (κ2) is 6.65. The quantitative estimate of drug-likeness (QED) is 0.696. The average Bonchev–Trinajstić information content (AvgIpc) is 3.15. The molecule has 0 saturated heterocycles. The van der Waals surface area contributed by atoms with Gasteiger partial charge in [0.15, 0.2) is 0 Å². The Morgan fingerprint density at radius 3 is 2.82 bits per heavy atom. The van der Waals surface area contributed by atoms with E-state index < -0.39 is 0 Å². The predicted octanol–water partition coefficient (Wildman–Crippen LogP) is 5.22. The average molecular weight is 333 g/mol. The molecule has 0 bridgehead atoms. The third kappa shape index (κ3) is 3.24. The Morgan fingerprint density at radius 1 is 1.27 bits per heavy atom. The van der Waals surface area contributed by atoms with Gasteiger partial charge < -0.3 is 9.73 Å². The van der Waals surface area contributed by atoms with E-state index in [0.29, 0.717) is 12.4 Å². The molecule has 3 nitrogen and oxygen atoms in total. The number of nitrogens with zero attached hydrogens (tertiary/aromatic N) is 1. The van der Waals surface area contributed by atoms with E-state index in [1.165, 1.54) is 0 Å². The molecule has 114 valence electrons. The van der Waals surface area contributed by atoms with Crippen LogP contribution in [0.3, 0.4) is 0 Å². The van der Waals surface area contributed by atoms with Crippen molar-refractivity contribution in [3.8, 4) is 10.8 Å². The number of aryl methyl sites for hydroxylation is 1. The van der Waals surface area contributed by atoms with Crippen LogP contribution in [0, 0.1) is 6.92 Å². The van der Waals surface area contributed by atoms with Crippen LogP contribution in [0.15, 0.2) is 46.2 Å². The number of halogens is 1. The standard InChI is InChI=1S/C17H17ClN2OS/c1-11(13-6-3-4-7-14(13)18)19-10-15-12(2)21-17(20-15)16-8-5-9-22-16/h3-9,11,19H,10H2,1-2H3. The summed E-state index contributed by atoms with van der Waals surface area (Å²) < 4.78 is 5.75. The molecule has 2 aromatic heterocycles. The summed E-state index contributed by atoms with van der Waals surface area (Å²) in [7, 11) is 0. The number of rotatable bonds is 5. The molecule has 1 unspecified atom stereocenters. The van der Waals surface area contributed by atoms with Gasteiger partial charge in [-0.25, -0.2) is 4.98 Å². The van der Waals surface area contributed by atoms with Crippen molar-refractivity contribution in [2.24, 2.45) is 0 Å². The van der Waals surface area contributed by atoms with E-state index in [-0.39, 0.29) is 6.04 Å². The molecule has 0 aliphatic heterocycles. The molecule has 3 aromatic rings. The van der Waals surface area contributed by atoms with Crippen molar-refractivity contribution < 1.29 is 4.42 Å². The molecule has 1 N–H and O–H groups in total. The summed E-state index contributed by atoms with van der Waals surface area (Å²) in [5, 5.41) is 6.25. The van der Waals surface area contributed by atoms with E-state index >= 15 is 0 Å². The second-order valence-electron chi connectivity index (χ2n) is 5.12. The van der Waals surface area contributed by atoms with Crippen LogP contribution in [-0.4, -0.2) is 4.98 Å². The zero-order chi connectivity index (χ0) is 15.5. The highest BCUT2D eigenvalue weighted by atomic mass is 35.5. The normalized spacial score (nSPS) is 12.5. The first kappa shape index (κ1) is 15.3. The molecule has 0 spiro atoms. The number of hydrogen-bond donors (Lipinski definition) is 1. The molecule has 5 heteroatoms. The van der Waals surface area contributed by atoms with Gasteiger partial charge in [-0.1, -0.05) is 35.9 Å². The van der Waals surface area contributed by atoms with Gasteiger partial charge in [0.25, 0.3) is 0 Å². The van der Waals surface area contributed by atoms with Crippen molar-refractivity contribution in [2.45, 2.75) is 26.4 Å². The van der Waals surface area contributed by atoms with E-state index in [1.807, 2.05) is 48.7 Å². The van der Waals surface area contributed by atoms with Crippen molar-refractivity contribution in [3.05, 3.63) is 63.8 Å². The SMILES string of the molecule is Cc1oc(-c2cccs2)nc1CNC(C)c1ccccc1Cl. The van der Waals surface area contributed by atoms with Gasteiger partial charge >= 0.3 is 0 Å². The van der Waals surface area contributed by atoms with E-state index in [0.717, 1.165) is 26.9 Å². The summed E-state index contributed by atoms with van der Waals surface area (Å²) in [6.45, 7) is 4.69. The Bertz CT molecular complexity index is 752. The summed E-state index contributed by atoms with van der Waals surface area (Å²) in [5.74, 6) is 1.54. The zero-order valence-electron chi connectivity index (χ0n) is 12.5. The molecule has 2 heterocycles. The molecule has 22 heavy (non-hydrogen) atoms. The van der Waals surface area contributed by atoms with Gasteiger partial charge in [-0.3, -0.25) is 0 Å². The number of nitrogens with one attached hydrogen (secondary N) is 1. The summed E-state index contributed by atoms with van der Waals surface area (Å²) in [6.07, 6.45) is 0. The maximum Gasteiger partial charge on any atom is 0.236 e. The van der Waals surface area contributed by atoms with Crippen LogP contribution in [0.5, 0.6) is 0 Å². The van der Waals surface area contributed by atoms with Gasteiger partial charge in [0, 0.05) is 17.6 Å². The van der Waals surface area contributed by atoms with Crippen molar-refractivity contribution in [1.82, 2.24) is 10.3 Å². The molecular weight excluding hydrogens is 316 g/mol. The van der Waals surface area contributed by atoms with Crippen LogP contribution in [0.2, 0.25) is 5.02 Å². The van der Waals surface area contributed by atoms with Crippen LogP contribution in [0.1, 0.15) is 30.0 Å². The number of aromatic nitrogens is 1. The number of thiophene rings is 1. The first-order valence-electron chi connectivity index (χ1n) is 7.13. The number of hydrogen-bond acceptors (Lipinski definition) is 4. The van der Waals surface area contributed by atoms with Gasteiger partial charge in [0.1, 0.15) is 5.76 Å². The number of benzene rings is 1. The maximum absolute atomic E-state index is 6.23. The molecule has 1 atom stereocenters. The van der Waals surface area contributed by atoms with Crippen LogP contribution in [-0.2, 0) is 6.54 Å². The molecule has 0 saturated carbocycles. The lowest BCUT2D eigenvalue weighted by Gasteiger charge is -2.14. The van der Waals surface area contributed by atoms with Gasteiger partial charge in [-0.05, 0) is 36.9 Å². The smallest absolute Gasteiger partial charge is 0.236 e. The fourth-order valence-corrected chi connectivity index (χ4v) is 3.23. The van der Waals surface area contributed by atoms with Crippen molar-refractivity contribution >= 4 is 22.9 Å². The zero-order valence-corrected chi connectivity index (χ0v) is 14.0. The van der Waals surface area contributed by atoms with E-state index in [1.54, 1.807) is 11.3 Å². The summed E-state index contributed by atoms with van der Waals surface area (Å²) in [4.78, 5) is 5.64. The van der Waals surface area contributed by atoms with Crippen LogP contribution in [0.25, 0.3) is 10.8 Å². The predicted molar refractivity (Wildman–Crippen MR) is 91.3 cm³/mol. The third-order valence-corrected chi connectivity index (χ3v) is 4.77. The molecule has 0 amide bonds. The molecule has 3 rings (SSSR count). The van der Waals surface area contributed by atoms with E-state index in [4.69, 9.17) is 16.0 Å². The van der Waals surface area contributed by atoms with Crippen LogP contribution < -0.4 is 5.32 Å². The molecule has 0 fully saturated rings. The first-order chi connectivity index (χ1) is 10.6. The van der Waals surface area contributed by atoms with Crippen molar-refractivity contribution in [3.63, 3.8) is 0 Å². The minimum absolute atomic E-state index is 0.148. The highest BCUT2D eigenvalue weighted by molar-refractivity contribution is 7.13. The van der Waals surface area contributed by atoms with Crippen molar-refractivity contribution in [1.29, 1.82) is 0 Å². The van der Waals surface area contributed by atoms with Gasteiger partial charge in [-0.2, -0.15) is 0 Å². The van der Waals surface area contributed by atoms with Gasteiger partial charge in [-0.15, -0.1) is 11.3 Å². The second-order valence-corrected chi connectivity index (χ2v) is 6.48. The molecular formula is C17H17ClN2OS. The van der Waals surface area contributed by atoms with Gasteiger partial charge in [0.05, 0.1) is 10.6 Å². The Labute approximate surface area is 139 Å². The lowest BCUT2D eigenvalue weighted by atomic mass is 10.1. The largest absolute Gasteiger partial charge is 0.440 e. The van der Waals surface area contributed by atoms with Crippen molar-refractivity contribution in [2.75, 3.05) is 0 Å². The molecule has 1 aromatic carbocycles. The minimum Gasteiger partial charge on any atom is -0.440 e. The number of oxazole rings is 1. The highest BCUT2D eigenvalue weighted by Crippen LogP contribution is 2.27.